The minimum absolute atomic E-state index is 0.0751. The first-order chi connectivity index (χ1) is 10.3. The second-order valence-corrected chi connectivity index (χ2v) is 5.55. The van der Waals surface area contributed by atoms with Gasteiger partial charge in [0.15, 0.2) is 0 Å². The van der Waals surface area contributed by atoms with Crippen LogP contribution in [0, 0.1) is 0 Å². The standard InChI is InChI=1S/C16H22N2O3/c19-16(15-6-3-11-20-15)18-13-4-1-2-5-14(13)21-12-7-9-17-10-8-12/h1-2,4-5,12,15,17H,3,6-11H2,(H,18,19). The van der Waals surface area contributed by atoms with E-state index in [-0.39, 0.29) is 18.1 Å². The van der Waals surface area contributed by atoms with E-state index in [0.29, 0.717) is 6.61 Å². The number of nitrogens with one attached hydrogen (secondary N) is 2. The molecule has 2 heterocycles. The Morgan fingerprint density at radius 1 is 1.24 bits per heavy atom. The molecule has 5 nitrogen and oxygen atoms in total. The van der Waals surface area contributed by atoms with E-state index >= 15 is 0 Å². The van der Waals surface area contributed by atoms with E-state index < -0.39 is 0 Å². The molecule has 1 aromatic carbocycles. The summed E-state index contributed by atoms with van der Waals surface area (Å²) in [5.74, 6) is 0.671. The first kappa shape index (κ1) is 14.4. The van der Waals surface area contributed by atoms with Gasteiger partial charge in [-0.15, -0.1) is 0 Å². The second-order valence-electron chi connectivity index (χ2n) is 5.55. The number of carbonyl (C=O) groups is 1. The van der Waals surface area contributed by atoms with Crippen molar-refractivity contribution in [1.82, 2.24) is 5.32 Å². The summed E-state index contributed by atoms with van der Waals surface area (Å²) in [5, 5.41) is 6.26. The molecular formula is C16H22N2O3. The number of carbonyl (C=O) groups excluding carboxylic acids is 1. The summed E-state index contributed by atoms with van der Waals surface area (Å²) in [6.07, 6.45) is 3.63. The average molecular weight is 290 g/mol. The third-order valence-corrected chi connectivity index (χ3v) is 3.95. The largest absolute Gasteiger partial charge is 0.488 e. The van der Waals surface area contributed by atoms with Crippen LogP contribution in [0.4, 0.5) is 5.69 Å². The fourth-order valence-corrected chi connectivity index (χ4v) is 2.76. The highest BCUT2D eigenvalue weighted by molar-refractivity contribution is 5.95. The quantitative estimate of drug-likeness (QED) is 0.889. The van der Waals surface area contributed by atoms with Crippen molar-refractivity contribution < 1.29 is 14.3 Å². The van der Waals surface area contributed by atoms with Gasteiger partial charge in [-0.1, -0.05) is 12.1 Å². The summed E-state index contributed by atoms with van der Waals surface area (Å²) in [5.41, 5.74) is 0.733. The number of amides is 1. The van der Waals surface area contributed by atoms with Crippen molar-refractivity contribution in [3.8, 4) is 5.75 Å². The summed E-state index contributed by atoms with van der Waals surface area (Å²) in [4.78, 5) is 12.2. The predicted octanol–water partition coefficient (Wildman–Crippen LogP) is 1.93. The second kappa shape index (κ2) is 6.91. The highest BCUT2D eigenvalue weighted by Crippen LogP contribution is 2.27. The van der Waals surface area contributed by atoms with Gasteiger partial charge in [-0.2, -0.15) is 0 Å². The Labute approximate surface area is 125 Å². The Balaban J connectivity index is 1.65. The minimum Gasteiger partial charge on any atom is -0.488 e. The number of anilines is 1. The molecule has 2 fully saturated rings. The lowest BCUT2D eigenvalue weighted by Crippen LogP contribution is -2.34. The van der Waals surface area contributed by atoms with Crippen LogP contribution < -0.4 is 15.4 Å². The van der Waals surface area contributed by atoms with E-state index in [0.717, 1.165) is 50.2 Å². The summed E-state index contributed by atoms with van der Waals surface area (Å²) >= 11 is 0. The third kappa shape index (κ3) is 3.74. The zero-order valence-electron chi connectivity index (χ0n) is 12.1. The fraction of sp³-hybridized carbons (Fsp3) is 0.562. The molecule has 0 spiro atoms. The molecule has 21 heavy (non-hydrogen) atoms. The molecule has 5 heteroatoms. The van der Waals surface area contributed by atoms with Crippen molar-refractivity contribution in [2.75, 3.05) is 25.0 Å². The summed E-state index contributed by atoms with van der Waals surface area (Å²) in [7, 11) is 0. The summed E-state index contributed by atoms with van der Waals surface area (Å²) in [6.45, 7) is 2.63. The first-order valence-corrected chi connectivity index (χ1v) is 7.72. The topological polar surface area (TPSA) is 59.6 Å². The lowest BCUT2D eigenvalue weighted by Gasteiger charge is -2.25. The van der Waals surface area contributed by atoms with E-state index in [2.05, 4.69) is 10.6 Å². The van der Waals surface area contributed by atoms with Gasteiger partial charge in [0, 0.05) is 6.61 Å². The van der Waals surface area contributed by atoms with Gasteiger partial charge in [0.05, 0.1) is 5.69 Å². The molecule has 0 bridgehead atoms. The molecule has 0 radical (unpaired) electrons. The van der Waals surface area contributed by atoms with Crippen LogP contribution in [-0.2, 0) is 9.53 Å². The number of para-hydroxylation sites is 2. The van der Waals surface area contributed by atoms with Crippen LogP contribution in [0.3, 0.4) is 0 Å². The van der Waals surface area contributed by atoms with Crippen LogP contribution >= 0.6 is 0 Å². The molecule has 0 aromatic heterocycles. The highest BCUT2D eigenvalue weighted by Gasteiger charge is 2.24. The smallest absolute Gasteiger partial charge is 0.253 e. The molecule has 1 aromatic rings. The Kier molecular flexibility index (Phi) is 4.72. The van der Waals surface area contributed by atoms with Crippen LogP contribution in [0.1, 0.15) is 25.7 Å². The van der Waals surface area contributed by atoms with Gasteiger partial charge >= 0.3 is 0 Å². The molecule has 1 unspecified atom stereocenters. The number of hydrogen-bond donors (Lipinski definition) is 2. The van der Waals surface area contributed by atoms with Crippen LogP contribution in [0.5, 0.6) is 5.75 Å². The SMILES string of the molecule is O=C(Nc1ccccc1OC1CCNCC1)C1CCCO1. The zero-order chi connectivity index (χ0) is 14.5. The van der Waals surface area contributed by atoms with Gasteiger partial charge in [0.1, 0.15) is 18.0 Å². The lowest BCUT2D eigenvalue weighted by atomic mass is 10.1. The molecule has 2 aliphatic rings. The number of benzene rings is 1. The van der Waals surface area contributed by atoms with E-state index in [9.17, 15) is 4.79 Å². The van der Waals surface area contributed by atoms with Gasteiger partial charge < -0.3 is 20.1 Å². The summed E-state index contributed by atoms with van der Waals surface area (Å²) in [6, 6.07) is 7.62. The first-order valence-electron chi connectivity index (χ1n) is 7.72. The molecular weight excluding hydrogens is 268 g/mol. The molecule has 1 amide bonds. The molecule has 2 saturated heterocycles. The molecule has 2 N–H and O–H groups in total. The van der Waals surface area contributed by atoms with E-state index in [1.807, 2.05) is 24.3 Å². The van der Waals surface area contributed by atoms with Crippen molar-refractivity contribution in [2.24, 2.45) is 0 Å². The molecule has 3 rings (SSSR count). The van der Waals surface area contributed by atoms with Crippen molar-refractivity contribution in [1.29, 1.82) is 0 Å². The highest BCUT2D eigenvalue weighted by atomic mass is 16.5. The van der Waals surface area contributed by atoms with E-state index in [4.69, 9.17) is 9.47 Å². The fourth-order valence-electron chi connectivity index (χ4n) is 2.76. The van der Waals surface area contributed by atoms with Gasteiger partial charge in [0.2, 0.25) is 0 Å². The van der Waals surface area contributed by atoms with E-state index in [1.54, 1.807) is 0 Å². The van der Waals surface area contributed by atoms with Crippen molar-refractivity contribution in [3.05, 3.63) is 24.3 Å². The van der Waals surface area contributed by atoms with Gasteiger partial charge in [-0.05, 0) is 50.9 Å². The number of rotatable bonds is 4. The van der Waals surface area contributed by atoms with Crippen molar-refractivity contribution in [2.45, 2.75) is 37.9 Å². The van der Waals surface area contributed by atoms with Gasteiger partial charge in [-0.3, -0.25) is 4.79 Å². The Hall–Kier alpha value is -1.59. The normalized spacial score (nSPS) is 23.0. The van der Waals surface area contributed by atoms with Gasteiger partial charge in [0.25, 0.3) is 5.91 Å². The zero-order valence-corrected chi connectivity index (χ0v) is 12.1. The predicted molar refractivity (Wildman–Crippen MR) is 80.6 cm³/mol. The van der Waals surface area contributed by atoms with Crippen LogP contribution in [0.25, 0.3) is 0 Å². The maximum atomic E-state index is 12.2. The third-order valence-electron chi connectivity index (χ3n) is 3.95. The lowest BCUT2D eigenvalue weighted by molar-refractivity contribution is -0.124. The van der Waals surface area contributed by atoms with Crippen LogP contribution in [0.2, 0.25) is 0 Å². The number of ether oxygens (including phenoxy) is 2. The molecule has 1 atom stereocenters. The monoisotopic (exact) mass is 290 g/mol. The Morgan fingerprint density at radius 2 is 2.05 bits per heavy atom. The average Bonchev–Trinajstić information content (AvgIpc) is 3.05. The molecule has 2 aliphatic heterocycles. The maximum Gasteiger partial charge on any atom is 0.253 e. The van der Waals surface area contributed by atoms with Crippen LogP contribution in [0.15, 0.2) is 24.3 Å². The number of hydrogen-bond acceptors (Lipinski definition) is 4. The molecule has 0 aliphatic carbocycles. The van der Waals surface area contributed by atoms with E-state index in [1.165, 1.54) is 0 Å². The van der Waals surface area contributed by atoms with Crippen LogP contribution in [-0.4, -0.2) is 37.8 Å². The van der Waals surface area contributed by atoms with Gasteiger partial charge in [-0.25, -0.2) is 0 Å². The van der Waals surface area contributed by atoms with Crippen molar-refractivity contribution in [3.63, 3.8) is 0 Å². The Bertz CT molecular complexity index is 480. The maximum absolute atomic E-state index is 12.2. The molecule has 114 valence electrons. The Morgan fingerprint density at radius 3 is 2.81 bits per heavy atom. The van der Waals surface area contributed by atoms with Crippen molar-refractivity contribution >= 4 is 11.6 Å². The molecule has 0 saturated carbocycles. The minimum atomic E-state index is -0.322. The summed E-state index contributed by atoms with van der Waals surface area (Å²) < 4.78 is 11.5. The number of piperidine rings is 1.